The fourth-order valence-electron chi connectivity index (χ4n) is 4.62. The summed E-state index contributed by atoms with van der Waals surface area (Å²) in [5.41, 5.74) is 5.04. The molecule has 0 amide bonds. The molecule has 1 saturated heterocycles. The van der Waals surface area contributed by atoms with E-state index in [0.29, 0.717) is 23.6 Å². The molecule has 1 unspecified atom stereocenters. The maximum absolute atomic E-state index is 13.2. The van der Waals surface area contributed by atoms with E-state index in [2.05, 4.69) is 47.0 Å². The van der Waals surface area contributed by atoms with Gasteiger partial charge in [-0.15, -0.1) is 0 Å². The third-order valence-electron chi connectivity index (χ3n) is 6.90. The van der Waals surface area contributed by atoms with Gasteiger partial charge in [-0.1, -0.05) is 19.1 Å². The molecule has 5 heteroatoms. The highest BCUT2D eigenvalue weighted by atomic mass is 16.5. The number of ketones is 1. The lowest BCUT2D eigenvalue weighted by molar-refractivity contribution is -0.113. The number of carbonyl (C=O) groups is 1. The Balaban J connectivity index is 1.45. The summed E-state index contributed by atoms with van der Waals surface area (Å²) in [4.78, 5) is 22.7. The first-order valence-corrected chi connectivity index (χ1v) is 11.5. The van der Waals surface area contributed by atoms with E-state index in [4.69, 9.17) is 4.74 Å². The molecule has 0 radical (unpaired) electrons. The van der Waals surface area contributed by atoms with E-state index in [1.165, 1.54) is 17.7 Å². The Morgan fingerprint density at radius 3 is 2.61 bits per heavy atom. The molecule has 2 aliphatic carbocycles. The second-order valence-electron chi connectivity index (χ2n) is 9.22. The van der Waals surface area contributed by atoms with Crippen molar-refractivity contribution in [3.63, 3.8) is 0 Å². The molecule has 0 N–H and O–H groups in total. The predicted molar refractivity (Wildman–Crippen MR) is 125 cm³/mol. The quantitative estimate of drug-likeness (QED) is 0.739. The van der Waals surface area contributed by atoms with Crippen LogP contribution >= 0.6 is 0 Å². The first-order valence-electron chi connectivity index (χ1n) is 11.5. The number of anilines is 1. The highest BCUT2D eigenvalue weighted by Gasteiger charge is 2.26. The Hall–Kier alpha value is -2.66. The van der Waals surface area contributed by atoms with Crippen LogP contribution in [0.25, 0.3) is 11.6 Å². The normalized spacial score (nSPS) is 22.4. The number of pyridine rings is 1. The van der Waals surface area contributed by atoms with Crippen LogP contribution in [0.2, 0.25) is 0 Å². The summed E-state index contributed by atoms with van der Waals surface area (Å²) in [6.45, 7) is 6.41. The van der Waals surface area contributed by atoms with Crippen LogP contribution in [0.4, 0.5) is 5.69 Å². The van der Waals surface area contributed by atoms with Crippen molar-refractivity contribution >= 4 is 23.1 Å². The van der Waals surface area contributed by atoms with Crippen molar-refractivity contribution in [3.05, 3.63) is 53.2 Å². The summed E-state index contributed by atoms with van der Waals surface area (Å²) in [5.74, 6) is 0.954. The lowest BCUT2D eigenvalue weighted by Crippen LogP contribution is -2.44. The second kappa shape index (κ2) is 8.46. The van der Waals surface area contributed by atoms with Gasteiger partial charge in [0.05, 0.1) is 5.69 Å². The van der Waals surface area contributed by atoms with Crippen molar-refractivity contribution in [1.29, 1.82) is 0 Å². The van der Waals surface area contributed by atoms with Gasteiger partial charge in [-0.25, -0.2) is 4.98 Å². The minimum atomic E-state index is 0.151. The number of nitrogens with zero attached hydrogens (tertiary/aromatic N) is 3. The Kier molecular flexibility index (Phi) is 5.53. The van der Waals surface area contributed by atoms with Crippen LogP contribution in [-0.4, -0.2) is 55.0 Å². The van der Waals surface area contributed by atoms with Gasteiger partial charge in [0.2, 0.25) is 5.88 Å². The average molecular weight is 418 g/mol. The summed E-state index contributed by atoms with van der Waals surface area (Å²) >= 11 is 0. The van der Waals surface area contributed by atoms with Crippen LogP contribution in [-0.2, 0) is 4.79 Å². The number of likely N-dealkylation sites (N-methyl/N-ethyl adjacent to an activating group) is 1. The monoisotopic (exact) mass is 417 g/mol. The van der Waals surface area contributed by atoms with E-state index < -0.39 is 0 Å². The fraction of sp³-hybridized carbons (Fsp3) is 0.462. The molecule has 2 heterocycles. The number of aromatic nitrogens is 1. The highest BCUT2D eigenvalue weighted by Crippen LogP contribution is 2.36. The summed E-state index contributed by atoms with van der Waals surface area (Å²) < 4.78 is 5.97. The molecular formula is C26H31N3O2. The molecule has 0 bridgehead atoms. The molecule has 1 aliphatic heterocycles. The fourth-order valence-corrected chi connectivity index (χ4v) is 4.62. The molecule has 1 atom stereocenters. The molecule has 162 valence electrons. The topological polar surface area (TPSA) is 45.7 Å². The van der Waals surface area contributed by atoms with Crippen LogP contribution in [0, 0.1) is 0 Å². The number of Topliss-reactive ketones (excluding diaryl/α,β-unsaturated/α-hetero) is 1. The Bertz CT molecular complexity index is 1000. The largest absolute Gasteiger partial charge is 0.474 e. The van der Waals surface area contributed by atoms with E-state index >= 15 is 0 Å². The summed E-state index contributed by atoms with van der Waals surface area (Å²) in [5, 5.41) is 0. The third-order valence-corrected chi connectivity index (χ3v) is 6.90. The van der Waals surface area contributed by atoms with E-state index in [1.807, 2.05) is 24.3 Å². The summed E-state index contributed by atoms with van der Waals surface area (Å²) in [6, 6.07) is 12.4. The minimum absolute atomic E-state index is 0.151. The zero-order chi connectivity index (χ0) is 21.4. The number of ether oxygens (including phenoxy) is 1. The Morgan fingerprint density at radius 2 is 1.87 bits per heavy atom. The van der Waals surface area contributed by atoms with Gasteiger partial charge in [-0.3, -0.25) is 4.79 Å². The number of fused-ring (bicyclic) bond motifs is 1. The number of piperazine rings is 1. The van der Waals surface area contributed by atoms with Gasteiger partial charge in [0.1, 0.15) is 6.10 Å². The number of hydrogen-bond acceptors (Lipinski definition) is 5. The maximum Gasteiger partial charge on any atom is 0.214 e. The highest BCUT2D eigenvalue weighted by molar-refractivity contribution is 6.25. The SMILES string of the molecule is CC1CC(=O)C(c2cccc(OC3CCC3)n2)=Cc2ccc(N3CCN(C)CC3)cc21. The van der Waals surface area contributed by atoms with Gasteiger partial charge in [0.25, 0.3) is 0 Å². The lowest BCUT2D eigenvalue weighted by atomic mass is 9.93. The molecule has 5 nitrogen and oxygen atoms in total. The van der Waals surface area contributed by atoms with E-state index in [-0.39, 0.29) is 17.8 Å². The van der Waals surface area contributed by atoms with Crippen LogP contribution in [0.3, 0.4) is 0 Å². The van der Waals surface area contributed by atoms with Gasteiger partial charge in [0, 0.05) is 49.9 Å². The smallest absolute Gasteiger partial charge is 0.214 e. The molecular weight excluding hydrogens is 386 g/mol. The Labute approximate surface area is 184 Å². The molecule has 1 saturated carbocycles. The van der Waals surface area contributed by atoms with Gasteiger partial charge in [0.15, 0.2) is 5.78 Å². The number of allylic oxidation sites excluding steroid dienone is 1. The molecule has 2 aromatic rings. The predicted octanol–water partition coefficient (Wildman–Crippen LogP) is 4.38. The zero-order valence-electron chi connectivity index (χ0n) is 18.5. The van der Waals surface area contributed by atoms with Crippen LogP contribution in [0.5, 0.6) is 5.88 Å². The van der Waals surface area contributed by atoms with Gasteiger partial charge >= 0.3 is 0 Å². The molecule has 1 aromatic heterocycles. The lowest BCUT2D eigenvalue weighted by Gasteiger charge is -2.34. The molecule has 3 aliphatic rings. The Morgan fingerprint density at radius 1 is 1.06 bits per heavy atom. The molecule has 1 aromatic carbocycles. The molecule has 5 rings (SSSR count). The van der Waals surface area contributed by atoms with Crippen molar-refractivity contribution in [2.45, 2.75) is 44.6 Å². The van der Waals surface area contributed by atoms with Crippen LogP contribution < -0.4 is 9.64 Å². The van der Waals surface area contributed by atoms with Gasteiger partial charge in [-0.05, 0) is 67.6 Å². The van der Waals surface area contributed by atoms with Crippen LogP contribution in [0.15, 0.2) is 36.4 Å². The van der Waals surface area contributed by atoms with Crippen LogP contribution in [0.1, 0.15) is 55.3 Å². The number of benzene rings is 1. The molecule has 0 spiro atoms. The van der Waals surface area contributed by atoms with Gasteiger partial charge < -0.3 is 14.5 Å². The number of rotatable bonds is 4. The van der Waals surface area contributed by atoms with Crippen molar-refractivity contribution < 1.29 is 9.53 Å². The minimum Gasteiger partial charge on any atom is -0.474 e. The molecule has 31 heavy (non-hydrogen) atoms. The third kappa shape index (κ3) is 4.24. The van der Waals surface area contributed by atoms with E-state index in [1.54, 1.807) is 0 Å². The maximum atomic E-state index is 13.2. The second-order valence-corrected chi connectivity index (χ2v) is 9.22. The van der Waals surface area contributed by atoms with E-state index in [9.17, 15) is 4.79 Å². The number of hydrogen-bond donors (Lipinski definition) is 0. The molecule has 2 fully saturated rings. The first-order chi connectivity index (χ1) is 15.1. The van der Waals surface area contributed by atoms with Crippen molar-refractivity contribution in [2.24, 2.45) is 0 Å². The van der Waals surface area contributed by atoms with Crippen molar-refractivity contribution in [1.82, 2.24) is 9.88 Å². The summed E-state index contributed by atoms with van der Waals surface area (Å²) in [7, 11) is 2.18. The number of carbonyl (C=O) groups excluding carboxylic acids is 1. The standard InChI is InChI=1S/C26H31N3O2/c1-18-15-25(30)23(24-7-4-8-26(27-24)31-21-5-3-6-21)16-19-9-10-20(17-22(18)19)29-13-11-28(2)12-14-29/h4,7-10,16-18,21H,3,5-6,11-15H2,1-2H3. The van der Waals surface area contributed by atoms with Crippen molar-refractivity contribution in [3.8, 4) is 5.88 Å². The summed E-state index contributed by atoms with van der Waals surface area (Å²) in [6.07, 6.45) is 6.21. The first kappa shape index (κ1) is 20.3. The van der Waals surface area contributed by atoms with E-state index in [0.717, 1.165) is 44.6 Å². The zero-order valence-corrected chi connectivity index (χ0v) is 18.5. The average Bonchev–Trinajstić information content (AvgIpc) is 2.87. The van der Waals surface area contributed by atoms with Crippen molar-refractivity contribution in [2.75, 3.05) is 38.1 Å². The van der Waals surface area contributed by atoms with Gasteiger partial charge in [-0.2, -0.15) is 0 Å².